The van der Waals surface area contributed by atoms with Gasteiger partial charge in [0, 0.05) is 23.8 Å². The van der Waals surface area contributed by atoms with Gasteiger partial charge in [-0.1, -0.05) is 29.8 Å². The van der Waals surface area contributed by atoms with Crippen LogP contribution < -0.4 is 24.2 Å². The van der Waals surface area contributed by atoms with Crippen molar-refractivity contribution in [2.45, 2.75) is 30.8 Å². The maximum absolute atomic E-state index is 13.4. The first-order valence-electron chi connectivity index (χ1n) is 14.5. The Morgan fingerprint density at radius 2 is 1.51 bits per heavy atom. The van der Waals surface area contributed by atoms with E-state index in [0.29, 0.717) is 29.5 Å². The first-order valence-corrected chi connectivity index (χ1v) is 16.4. The van der Waals surface area contributed by atoms with Gasteiger partial charge in [0.05, 0.1) is 19.1 Å². The highest BCUT2D eigenvalue weighted by Crippen LogP contribution is 2.27. The van der Waals surface area contributed by atoms with Crippen molar-refractivity contribution in [2.24, 2.45) is 0 Å². The Labute approximate surface area is 278 Å². The number of carbonyl (C=O) groups excluding carboxylic acids is 2. The largest absolute Gasteiger partial charge is 0.493 e. The van der Waals surface area contributed by atoms with Crippen LogP contribution in [0.3, 0.4) is 0 Å². The van der Waals surface area contributed by atoms with Crippen molar-refractivity contribution in [1.82, 2.24) is 10.2 Å². The van der Waals surface area contributed by atoms with Crippen LogP contribution in [-0.2, 0) is 32.6 Å². The second-order valence-electron chi connectivity index (χ2n) is 10.4. The lowest BCUT2D eigenvalue weighted by atomic mass is 10.1. The average molecular weight is 684 g/mol. The number of nitrogens with one attached hydrogen (secondary N) is 2. The number of anilines is 1. The molecule has 2 N–H and O–H groups in total. The molecule has 2 amide bonds. The summed E-state index contributed by atoms with van der Waals surface area (Å²) in [5.41, 5.74) is 1.90. The Morgan fingerprint density at radius 3 is 2.15 bits per heavy atom. The number of carbonyl (C=O) groups is 2. The van der Waals surface area contributed by atoms with E-state index in [0.717, 1.165) is 23.3 Å². The van der Waals surface area contributed by atoms with E-state index in [4.69, 9.17) is 25.8 Å². The summed E-state index contributed by atoms with van der Waals surface area (Å²) >= 11 is 6.04. The van der Waals surface area contributed by atoms with E-state index >= 15 is 0 Å². The molecule has 0 saturated carbocycles. The molecule has 0 saturated heterocycles. The van der Waals surface area contributed by atoms with Crippen LogP contribution in [0.2, 0.25) is 5.02 Å². The van der Waals surface area contributed by atoms with Crippen LogP contribution in [0.5, 0.6) is 17.2 Å². The third-order valence-corrected chi connectivity index (χ3v) is 8.84. The molecule has 0 fully saturated rings. The van der Waals surface area contributed by atoms with Crippen molar-refractivity contribution >= 4 is 39.1 Å². The third-order valence-electron chi connectivity index (χ3n) is 7.19. The van der Waals surface area contributed by atoms with Crippen molar-refractivity contribution in [3.63, 3.8) is 0 Å². The van der Waals surface area contributed by atoms with Crippen molar-refractivity contribution in [3.05, 3.63) is 113 Å². The van der Waals surface area contributed by atoms with Gasteiger partial charge in [0.2, 0.25) is 5.91 Å². The van der Waals surface area contributed by atoms with Gasteiger partial charge in [0.1, 0.15) is 17.6 Å². The maximum atomic E-state index is 13.4. The predicted molar refractivity (Wildman–Crippen MR) is 177 cm³/mol. The lowest BCUT2D eigenvalue weighted by Crippen LogP contribution is -2.49. The molecule has 0 spiro atoms. The van der Waals surface area contributed by atoms with Crippen LogP contribution in [0.25, 0.3) is 0 Å². The van der Waals surface area contributed by atoms with Gasteiger partial charge in [0.15, 0.2) is 18.1 Å². The van der Waals surface area contributed by atoms with Gasteiger partial charge >= 0.3 is 0 Å². The van der Waals surface area contributed by atoms with E-state index in [2.05, 4.69) is 10.0 Å². The van der Waals surface area contributed by atoms with Gasteiger partial charge in [-0.15, -0.1) is 0 Å². The zero-order valence-corrected chi connectivity index (χ0v) is 27.6. The second kappa shape index (κ2) is 16.1. The third kappa shape index (κ3) is 9.84. The van der Waals surface area contributed by atoms with E-state index in [1.807, 2.05) is 12.1 Å². The summed E-state index contributed by atoms with van der Waals surface area (Å²) in [7, 11) is -0.839. The van der Waals surface area contributed by atoms with Crippen LogP contribution in [0.15, 0.2) is 95.9 Å². The fraction of sp³-hybridized carbons (Fsp3) is 0.235. The molecule has 0 unspecified atom stereocenters. The molecule has 4 aromatic rings. The molecule has 248 valence electrons. The molecular formula is C34H35ClFN3O7S. The smallest absolute Gasteiger partial charge is 0.261 e. The molecule has 47 heavy (non-hydrogen) atoms. The zero-order chi connectivity index (χ0) is 34.0. The molecule has 0 aliphatic heterocycles. The topological polar surface area (TPSA) is 123 Å². The maximum Gasteiger partial charge on any atom is 0.261 e. The summed E-state index contributed by atoms with van der Waals surface area (Å²) in [6.07, 6.45) is 0.526. The molecule has 0 bridgehead atoms. The Bertz CT molecular complexity index is 1770. The highest BCUT2D eigenvalue weighted by Gasteiger charge is 2.26. The first kappa shape index (κ1) is 35.1. The van der Waals surface area contributed by atoms with E-state index in [9.17, 15) is 22.4 Å². The Balaban J connectivity index is 1.39. The number of rotatable bonds is 15. The molecular weight excluding hydrogens is 649 g/mol. The minimum atomic E-state index is -3.95. The van der Waals surface area contributed by atoms with Crippen molar-refractivity contribution < 1.29 is 36.6 Å². The number of hydrogen-bond acceptors (Lipinski definition) is 7. The van der Waals surface area contributed by atoms with Crippen LogP contribution in [0, 0.1) is 5.82 Å². The standard InChI is InChI=1S/C34H35ClFN3O7S/c1-23(34(41)37-19-18-24-6-17-31(44-2)32(20-24)45-3)39(21-25-4-7-26(35)8-5-25)33(40)22-46-29-13-15-30(16-14-29)47(42,43)38-28-11-9-27(36)10-12-28/h4-17,20,23,38H,18-19,21-22H2,1-3H3,(H,37,41)/t23-/m0/s1. The fourth-order valence-corrected chi connectivity index (χ4v) is 5.74. The van der Waals surface area contributed by atoms with Crippen molar-refractivity contribution in [1.29, 1.82) is 0 Å². The quantitative estimate of drug-likeness (QED) is 0.171. The van der Waals surface area contributed by atoms with Crippen LogP contribution in [-0.4, -0.2) is 58.5 Å². The fourth-order valence-electron chi connectivity index (χ4n) is 4.56. The molecule has 0 radical (unpaired) electrons. The Kier molecular flexibility index (Phi) is 12.0. The molecule has 0 aliphatic carbocycles. The highest BCUT2D eigenvalue weighted by atomic mass is 35.5. The van der Waals surface area contributed by atoms with E-state index in [1.54, 1.807) is 51.5 Å². The van der Waals surface area contributed by atoms with Gasteiger partial charge in [-0.3, -0.25) is 14.3 Å². The van der Waals surface area contributed by atoms with Gasteiger partial charge < -0.3 is 24.4 Å². The molecule has 0 aliphatic rings. The van der Waals surface area contributed by atoms with E-state index in [-0.39, 0.29) is 28.8 Å². The number of methoxy groups -OCH3 is 2. The molecule has 4 aromatic carbocycles. The molecule has 0 heterocycles. The van der Waals surface area contributed by atoms with Crippen LogP contribution in [0.4, 0.5) is 10.1 Å². The SMILES string of the molecule is COc1ccc(CCNC(=O)[C@H](C)N(Cc2ccc(Cl)cc2)C(=O)COc2ccc(S(=O)(=O)Nc3ccc(F)cc3)cc2)cc1OC. The molecule has 0 aromatic heterocycles. The summed E-state index contributed by atoms with van der Waals surface area (Å²) in [6.45, 7) is 1.67. The number of halogens is 2. The summed E-state index contributed by atoms with van der Waals surface area (Å²) in [5, 5.41) is 3.43. The Hall–Kier alpha value is -4.81. The van der Waals surface area contributed by atoms with Gasteiger partial charge in [-0.25, -0.2) is 12.8 Å². The number of hydrogen-bond donors (Lipinski definition) is 2. The number of sulfonamides is 1. The highest BCUT2D eigenvalue weighted by molar-refractivity contribution is 7.92. The second-order valence-corrected chi connectivity index (χ2v) is 12.5. The normalized spacial score (nSPS) is 11.7. The summed E-state index contributed by atoms with van der Waals surface area (Å²) in [5.74, 6) is 0.136. The minimum absolute atomic E-state index is 0.0526. The summed E-state index contributed by atoms with van der Waals surface area (Å²) in [4.78, 5) is 28.0. The van der Waals surface area contributed by atoms with Gasteiger partial charge in [-0.05, 0) is 97.3 Å². The lowest BCUT2D eigenvalue weighted by molar-refractivity contribution is -0.142. The predicted octanol–water partition coefficient (Wildman–Crippen LogP) is 5.45. The first-order chi connectivity index (χ1) is 22.5. The lowest BCUT2D eigenvalue weighted by Gasteiger charge is -2.29. The minimum Gasteiger partial charge on any atom is -0.493 e. The molecule has 4 rings (SSSR count). The van der Waals surface area contributed by atoms with E-state index in [1.165, 1.54) is 41.3 Å². The number of benzene rings is 4. The summed E-state index contributed by atoms with van der Waals surface area (Å²) in [6, 6.07) is 22.0. The van der Waals surface area contributed by atoms with Gasteiger partial charge in [-0.2, -0.15) is 0 Å². The Morgan fingerprint density at radius 1 is 0.872 bits per heavy atom. The van der Waals surface area contributed by atoms with Crippen molar-refractivity contribution in [2.75, 3.05) is 32.1 Å². The van der Waals surface area contributed by atoms with Crippen molar-refractivity contribution in [3.8, 4) is 17.2 Å². The zero-order valence-electron chi connectivity index (χ0n) is 26.0. The van der Waals surface area contributed by atoms with E-state index < -0.39 is 34.4 Å². The average Bonchev–Trinajstić information content (AvgIpc) is 3.07. The van der Waals surface area contributed by atoms with Crippen LogP contribution >= 0.6 is 11.6 Å². The number of nitrogens with zero attached hydrogens (tertiary/aromatic N) is 1. The van der Waals surface area contributed by atoms with Gasteiger partial charge in [0.25, 0.3) is 15.9 Å². The monoisotopic (exact) mass is 683 g/mol. The summed E-state index contributed by atoms with van der Waals surface area (Å²) < 4.78 is 57.3. The van der Waals surface area contributed by atoms with Crippen LogP contribution in [0.1, 0.15) is 18.1 Å². The number of ether oxygens (including phenoxy) is 3. The molecule has 1 atom stereocenters. The molecule has 13 heteroatoms. The molecule has 10 nitrogen and oxygen atoms in total. The number of amides is 2.